The number of hydrogen-bond acceptors (Lipinski definition) is 5. The lowest BCUT2D eigenvalue weighted by Gasteiger charge is -2.19. The number of benzene rings is 1. The fraction of sp³-hybridized carbons (Fsp3) is 0.417. The van der Waals surface area contributed by atoms with Gasteiger partial charge in [0.05, 0.1) is 18.8 Å². The Balaban J connectivity index is 3.09. The van der Waals surface area contributed by atoms with Gasteiger partial charge in [0.2, 0.25) is 0 Å². The molecule has 0 bridgehead atoms. The molecule has 5 heteroatoms. The highest BCUT2D eigenvalue weighted by Crippen LogP contribution is 2.28. The third-order valence-electron chi connectivity index (χ3n) is 2.50. The highest BCUT2D eigenvalue weighted by Gasteiger charge is 2.22. The van der Waals surface area contributed by atoms with Gasteiger partial charge in [0, 0.05) is 5.56 Å². The van der Waals surface area contributed by atoms with Gasteiger partial charge in [-0.1, -0.05) is 12.1 Å². The molecule has 0 heterocycles. The van der Waals surface area contributed by atoms with E-state index < -0.39 is 12.2 Å². The van der Waals surface area contributed by atoms with Crippen LogP contribution in [0, 0.1) is 11.3 Å². The minimum atomic E-state index is -1.10. The number of hydrogen-bond donors (Lipinski definition) is 3. The number of rotatable bonds is 5. The van der Waals surface area contributed by atoms with E-state index >= 15 is 0 Å². The van der Waals surface area contributed by atoms with Crippen molar-refractivity contribution in [2.75, 3.05) is 12.9 Å². The maximum absolute atomic E-state index is 9.96. The summed E-state index contributed by atoms with van der Waals surface area (Å²) in [7, 11) is 1.45. The van der Waals surface area contributed by atoms with Gasteiger partial charge in [0.15, 0.2) is 0 Å². The lowest BCUT2D eigenvalue weighted by Crippen LogP contribution is -2.19. The molecule has 92 valence electrons. The van der Waals surface area contributed by atoms with E-state index in [0.717, 1.165) is 0 Å². The molecule has 0 aromatic heterocycles. The molecular formula is C12H15NO3S. The van der Waals surface area contributed by atoms with E-state index in [1.807, 2.05) is 6.07 Å². The second-order valence-electron chi connectivity index (χ2n) is 3.56. The van der Waals surface area contributed by atoms with Gasteiger partial charge in [-0.15, -0.1) is 0 Å². The first kappa shape index (κ1) is 13.8. The lowest BCUT2D eigenvalue weighted by molar-refractivity contribution is 0.0170. The molecule has 0 radical (unpaired) electrons. The summed E-state index contributed by atoms with van der Waals surface area (Å²) < 4.78 is 5.04. The summed E-state index contributed by atoms with van der Waals surface area (Å²) in [6.45, 7) is 0. The van der Waals surface area contributed by atoms with Gasteiger partial charge in [0.1, 0.15) is 17.9 Å². The third kappa shape index (κ3) is 3.13. The first-order chi connectivity index (χ1) is 8.15. The summed E-state index contributed by atoms with van der Waals surface area (Å²) in [4.78, 5) is 0. The molecule has 17 heavy (non-hydrogen) atoms. The SMILES string of the molecule is COc1cccc(C(O)C(O)CCS)c1C#N. The number of nitrogens with zero attached hydrogens (tertiary/aromatic N) is 1. The number of methoxy groups -OCH3 is 1. The fourth-order valence-corrected chi connectivity index (χ4v) is 1.85. The fourth-order valence-electron chi connectivity index (χ4n) is 1.58. The highest BCUT2D eigenvalue weighted by atomic mass is 32.1. The summed E-state index contributed by atoms with van der Waals surface area (Å²) in [6.07, 6.45) is -1.69. The van der Waals surface area contributed by atoms with Crippen LogP contribution in [0.1, 0.15) is 23.7 Å². The van der Waals surface area contributed by atoms with Crippen molar-refractivity contribution in [2.24, 2.45) is 0 Å². The second-order valence-corrected chi connectivity index (χ2v) is 4.01. The minimum Gasteiger partial charge on any atom is -0.495 e. The Labute approximate surface area is 106 Å². The second kappa shape index (κ2) is 6.50. The molecule has 1 aromatic carbocycles. The predicted molar refractivity (Wildman–Crippen MR) is 67.1 cm³/mol. The lowest BCUT2D eigenvalue weighted by atomic mass is 9.97. The molecule has 2 N–H and O–H groups in total. The maximum Gasteiger partial charge on any atom is 0.137 e. The summed E-state index contributed by atoms with van der Waals surface area (Å²) in [5.41, 5.74) is 0.627. The first-order valence-corrected chi connectivity index (χ1v) is 5.83. The molecule has 2 atom stereocenters. The van der Waals surface area contributed by atoms with Gasteiger partial charge in [0.25, 0.3) is 0 Å². The van der Waals surface area contributed by atoms with Crippen LogP contribution < -0.4 is 4.74 Å². The molecule has 0 spiro atoms. The van der Waals surface area contributed by atoms with Gasteiger partial charge < -0.3 is 14.9 Å². The molecule has 0 aliphatic rings. The highest BCUT2D eigenvalue weighted by molar-refractivity contribution is 7.80. The van der Waals surface area contributed by atoms with E-state index in [1.54, 1.807) is 18.2 Å². The number of thiol groups is 1. The standard InChI is InChI=1S/C12H15NO3S/c1-16-11-4-2-3-8(9(11)7-13)12(15)10(14)5-6-17/h2-4,10,12,14-15,17H,5-6H2,1H3. The molecule has 1 aromatic rings. The van der Waals surface area contributed by atoms with Crippen LogP contribution in [-0.2, 0) is 0 Å². The van der Waals surface area contributed by atoms with Crippen LogP contribution in [0.15, 0.2) is 18.2 Å². The molecular weight excluding hydrogens is 238 g/mol. The van der Waals surface area contributed by atoms with Crippen LogP contribution in [0.25, 0.3) is 0 Å². The zero-order valence-corrected chi connectivity index (χ0v) is 10.4. The van der Waals surface area contributed by atoms with Crippen LogP contribution in [0.2, 0.25) is 0 Å². The number of aliphatic hydroxyl groups is 2. The molecule has 0 saturated heterocycles. The Hall–Kier alpha value is -1.22. The van der Waals surface area contributed by atoms with Gasteiger partial charge in [-0.25, -0.2) is 0 Å². The van der Waals surface area contributed by atoms with Crippen LogP contribution in [0.3, 0.4) is 0 Å². The summed E-state index contributed by atoms with van der Waals surface area (Å²) in [5.74, 6) is 0.853. The molecule has 2 unspecified atom stereocenters. The van der Waals surface area contributed by atoms with Crippen LogP contribution in [0.5, 0.6) is 5.75 Å². The topological polar surface area (TPSA) is 73.5 Å². The van der Waals surface area contributed by atoms with Crippen LogP contribution >= 0.6 is 12.6 Å². The van der Waals surface area contributed by atoms with Crippen LogP contribution in [-0.4, -0.2) is 29.2 Å². The Morgan fingerprint density at radius 1 is 1.47 bits per heavy atom. The van der Waals surface area contributed by atoms with E-state index in [2.05, 4.69) is 12.6 Å². The van der Waals surface area contributed by atoms with Crippen LogP contribution in [0.4, 0.5) is 0 Å². The zero-order valence-electron chi connectivity index (χ0n) is 9.50. The van der Waals surface area contributed by atoms with E-state index in [0.29, 0.717) is 23.5 Å². The smallest absolute Gasteiger partial charge is 0.137 e. The predicted octanol–water partition coefficient (Wildman–Crippen LogP) is 1.28. The minimum absolute atomic E-state index is 0.251. The van der Waals surface area contributed by atoms with Gasteiger partial charge >= 0.3 is 0 Å². The van der Waals surface area contributed by atoms with Crippen molar-refractivity contribution >= 4 is 12.6 Å². The summed E-state index contributed by atoms with van der Waals surface area (Å²) in [6, 6.07) is 6.89. The van der Waals surface area contributed by atoms with Crippen molar-refractivity contribution < 1.29 is 14.9 Å². The summed E-state index contributed by atoms with van der Waals surface area (Å²) >= 11 is 3.99. The Kier molecular flexibility index (Phi) is 5.29. The average Bonchev–Trinajstić information content (AvgIpc) is 2.36. The molecule has 0 aliphatic heterocycles. The van der Waals surface area contributed by atoms with Crippen molar-refractivity contribution in [3.63, 3.8) is 0 Å². The monoisotopic (exact) mass is 253 g/mol. The van der Waals surface area contributed by atoms with Gasteiger partial charge in [-0.3, -0.25) is 0 Å². The molecule has 4 nitrogen and oxygen atoms in total. The largest absolute Gasteiger partial charge is 0.495 e. The normalized spacial score (nSPS) is 13.8. The average molecular weight is 253 g/mol. The zero-order chi connectivity index (χ0) is 12.8. The van der Waals surface area contributed by atoms with Gasteiger partial charge in [-0.05, 0) is 18.2 Å². The van der Waals surface area contributed by atoms with Crippen molar-refractivity contribution in [1.29, 1.82) is 5.26 Å². The quantitative estimate of drug-likeness (QED) is 0.691. The Morgan fingerprint density at radius 2 is 2.18 bits per heavy atom. The van der Waals surface area contributed by atoms with E-state index in [-0.39, 0.29) is 5.56 Å². The van der Waals surface area contributed by atoms with Gasteiger partial charge in [-0.2, -0.15) is 17.9 Å². The molecule has 0 saturated carbocycles. The Morgan fingerprint density at radius 3 is 2.71 bits per heavy atom. The number of aliphatic hydroxyl groups excluding tert-OH is 2. The van der Waals surface area contributed by atoms with E-state index in [9.17, 15) is 10.2 Å². The van der Waals surface area contributed by atoms with Crippen molar-refractivity contribution in [3.8, 4) is 11.8 Å². The first-order valence-electron chi connectivity index (χ1n) is 5.19. The molecule has 1 rings (SSSR count). The van der Waals surface area contributed by atoms with Crippen molar-refractivity contribution in [3.05, 3.63) is 29.3 Å². The number of ether oxygens (including phenoxy) is 1. The molecule has 0 fully saturated rings. The molecule has 0 amide bonds. The van der Waals surface area contributed by atoms with E-state index in [4.69, 9.17) is 10.00 Å². The maximum atomic E-state index is 9.96. The van der Waals surface area contributed by atoms with Crippen molar-refractivity contribution in [1.82, 2.24) is 0 Å². The molecule has 0 aliphatic carbocycles. The number of nitriles is 1. The van der Waals surface area contributed by atoms with Crippen molar-refractivity contribution in [2.45, 2.75) is 18.6 Å². The summed E-state index contributed by atoms with van der Waals surface area (Å²) in [5, 5.41) is 28.7. The van der Waals surface area contributed by atoms with E-state index in [1.165, 1.54) is 7.11 Å². The Bertz CT molecular complexity index is 417. The third-order valence-corrected chi connectivity index (χ3v) is 2.76.